The molecule has 1 aromatic carbocycles. The van der Waals surface area contributed by atoms with Gasteiger partial charge in [-0.05, 0) is 12.1 Å². The first-order valence-electron chi connectivity index (χ1n) is 6.69. The largest absolute Gasteiger partial charge is 0.495 e. The van der Waals surface area contributed by atoms with Gasteiger partial charge in [0.05, 0.1) is 35.9 Å². The third-order valence-corrected chi connectivity index (χ3v) is 3.41. The molecule has 6 nitrogen and oxygen atoms in total. The van der Waals surface area contributed by atoms with E-state index in [2.05, 4.69) is 20.4 Å². The summed E-state index contributed by atoms with van der Waals surface area (Å²) in [5, 5.41) is 7.43. The second-order valence-corrected chi connectivity index (χ2v) is 5.17. The number of benzene rings is 1. The van der Waals surface area contributed by atoms with Gasteiger partial charge in [0, 0.05) is 24.9 Å². The van der Waals surface area contributed by atoms with E-state index in [0.29, 0.717) is 22.2 Å². The highest BCUT2D eigenvalue weighted by atomic mass is 35.5. The number of anilines is 2. The standard InChI is InChI=1S/C15H13ClFN5O/c1-22-8-9(6-19-22)14-11(16)7-18-15(21-14)20-12-5-10(17)3-4-13(12)23-2/h3-8H,1-2H3,(H,18,20,21). The molecule has 0 aliphatic carbocycles. The minimum absolute atomic E-state index is 0.275. The second kappa shape index (κ2) is 6.21. The average Bonchev–Trinajstić information content (AvgIpc) is 2.96. The number of hydrogen-bond acceptors (Lipinski definition) is 5. The fourth-order valence-electron chi connectivity index (χ4n) is 2.07. The zero-order valence-corrected chi connectivity index (χ0v) is 13.2. The third kappa shape index (κ3) is 3.24. The van der Waals surface area contributed by atoms with Crippen molar-refractivity contribution in [1.82, 2.24) is 19.7 Å². The molecule has 0 bridgehead atoms. The van der Waals surface area contributed by atoms with Crippen molar-refractivity contribution in [3.63, 3.8) is 0 Å². The quantitative estimate of drug-likeness (QED) is 0.792. The number of methoxy groups -OCH3 is 1. The molecule has 118 valence electrons. The van der Waals surface area contributed by atoms with Crippen molar-refractivity contribution < 1.29 is 9.13 Å². The van der Waals surface area contributed by atoms with Gasteiger partial charge in [-0.25, -0.2) is 14.4 Å². The van der Waals surface area contributed by atoms with Crippen LogP contribution < -0.4 is 10.1 Å². The number of rotatable bonds is 4. The lowest BCUT2D eigenvalue weighted by Crippen LogP contribution is -2.01. The highest BCUT2D eigenvalue weighted by Gasteiger charge is 2.12. The minimum atomic E-state index is -0.394. The van der Waals surface area contributed by atoms with Crippen LogP contribution in [0, 0.1) is 5.82 Å². The lowest BCUT2D eigenvalue weighted by molar-refractivity contribution is 0.415. The molecular weight excluding hydrogens is 321 g/mol. The van der Waals surface area contributed by atoms with Gasteiger partial charge >= 0.3 is 0 Å². The third-order valence-electron chi connectivity index (χ3n) is 3.13. The lowest BCUT2D eigenvalue weighted by atomic mass is 10.2. The van der Waals surface area contributed by atoms with Gasteiger partial charge in [0.25, 0.3) is 0 Å². The first kappa shape index (κ1) is 15.2. The van der Waals surface area contributed by atoms with Crippen LogP contribution in [0.1, 0.15) is 0 Å². The Morgan fingerprint density at radius 1 is 1.30 bits per heavy atom. The van der Waals surface area contributed by atoms with Gasteiger partial charge in [-0.3, -0.25) is 4.68 Å². The summed E-state index contributed by atoms with van der Waals surface area (Å²) in [6.45, 7) is 0. The molecule has 2 heterocycles. The summed E-state index contributed by atoms with van der Waals surface area (Å²) in [5.74, 6) is 0.361. The number of aryl methyl sites for hydroxylation is 1. The van der Waals surface area contributed by atoms with Crippen molar-refractivity contribution in [3.8, 4) is 17.0 Å². The number of nitrogens with zero attached hydrogens (tertiary/aromatic N) is 4. The normalized spacial score (nSPS) is 10.6. The van der Waals surface area contributed by atoms with Crippen LogP contribution in [0.25, 0.3) is 11.3 Å². The van der Waals surface area contributed by atoms with E-state index in [1.165, 1.54) is 31.5 Å². The fraction of sp³-hybridized carbons (Fsp3) is 0.133. The van der Waals surface area contributed by atoms with Crippen molar-refractivity contribution in [2.45, 2.75) is 0 Å². The maximum atomic E-state index is 13.4. The molecular formula is C15H13ClFN5O. The van der Waals surface area contributed by atoms with Crippen molar-refractivity contribution in [3.05, 3.63) is 47.6 Å². The van der Waals surface area contributed by atoms with E-state index in [1.807, 2.05) is 0 Å². The Hall–Kier alpha value is -2.67. The summed E-state index contributed by atoms with van der Waals surface area (Å²) in [6, 6.07) is 4.14. The number of ether oxygens (including phenoxy) is 1. The van der Waals surface area contributed by atoms with Crippen molar-refractivity contribution >= 4 is 23.2 Å². The van der Waals surface area contributed by atoms with Gasteiger partial charge in [-0.1, -0.05) is 11.6 Å². The molecule has 0 atom stereocenters. The van der Waals surface area contributed by atoms with Crippen LogP contribution in [0.15, 0.2) is 36.8 Å². The van der Waals surface area contributed by atoms with E-state index in [1.54, 1.807) is 24.1 Å². The summed E-state index contributed by atoms with van der Waals surface area (Å²) in [7, 11) is 3.30. The van der Waals surface area contributed by atoms with Crippen molar-refractivity contribution in [2.75, 3.05) is 12.4 Å². The molecule has 8 heteroatoms. The van der Waals surface area contributed by atoms with Crippen LogP contribution in [0.4, 0.5) is 16.0 Å². The van der Waals surface area contributed by atoms with E-state index < -0.39 is 5.82 Å². The first-order chi connectivity index (χ1) is 11.1. The lowest BCUT2D eigenvalue weighted by Gasteiger charge is -2.11. The molecule has 0 saturated carbocycles. The minimum Gasteiger partial charge on any atom is -0.495 e. The van der Waals surface area contributed by atoms with Crippen LogP contribution in [0.2, 0.25) is 5.02 Å². The number of halogens is 2. The molecule has 3 aromatic rings. The zero-order chi connectivity index (χ0) is 16.4. The van der Waals surface area contributed by atoms with E-state index >= 15 is 0 Å². The van der Waals surface area contributed by atoms with Crippen molar-refractivity contribution in [1.29, 1.82) is 0 Å². The zero-order valence-electron chi connectivity index (χ0n) is 12.4. The Morgan fingerprint density at radius 2 is 2.13 bits per heavy atom. The number of nitrogens with one attached hydrogen (secondary N) is 1. The Bertz CT molecular complexity index is 852. The molecule has 2 aromatic heterocycles. The van der Waals surface area contributed by atoms with Gasteiger partial charge in [0.15, 0.2) is 0 Å². The smallest absolute Gasteiger partial charge is 0.227 e. The summed E-state index contributed by atoms with van der Waals surface area (Å²) >= 11 is 6.15. The van der Waals surface area contributed by atoms with Gasteiger partial charge < -0.3 is 10.1 Å². The molecule has 0 unspecified atom stereocenters. The van der Waals surface area contributed by atoms with Gasteiger partial charge in [0.2, 0.25) is 5.95 Å². The predicted octanol–water partition coefficient (Wildman–Crippen LogP) is 3.42. The van der Waals surface area contributed by atoms with Crippen molar-refractivity contribution in [2.24, 2.45) is 7.05 Å². The molecule has 0 aliphatic heterocycles. The van der Waals surface area contributed by atoms with E-state index in [4.69, 9.17) is 16.3 Å². The Kier molecular flexibility index (Phi) is 4.12. The molecule has 0 fully saturated rings. The molecule has 0 radical (unpaired) electrons. The first-order valence-corrected chi connectivity index (χ1v) is 7.06. The van der Waals surface area contributed by atoms with Gasteiger partial charge in [-0.15, -0.1) is 0 Å². The summed E-state index contributed by atoms with van der Waals surface area (Å²) in [6.07, 6.45) is 4.92. The van der Waals surface area contributed by atoms with Crippen LogP contribution in [0.5, 0.6) is 5.75 Å². The fourth-order valence-corrected chi connectivity index (χ4v) is 2.27. The van der Waals surface area contributed by atoms with E-state index in [-0.39, 0.29) is 5.95 Å². The monoisotopic (exact) mass is 333 g/mol. The van der Waals surface area contributed by atoms with Crippen LogP contribution in [-0.2, 0) is 7.05 Å². The Morgan fingerprint density at radius 3 is 2.83 bits per heavy atom. The van der Waals surface area contributed by atoms with Gasteiger partial charge in [0.1, 0.15) is 11.6 Å². The summed E-state index contributed by atoms with van der Waals surface area (Å²) < 4.78 is 20.3. The second-order valence-electron chi connectivity index (χ2n) is 4.76. The van der Waals surface area contributed by atoms with E-state index in [0.717, 1.165) is 5.56 Å². The topological polar surface area (TPSA) is 64.9 Å². The van der Waals surface area contributed by atoms with E-state index in [9.17, 15) is 4.39 Å². The number of aromatic nitrogens is 4. The van der Waals surface area contributed by atoms with Gasteiger partial charge in [-0.2, -0.15) is 5.10 Å². The number of hydrogen-bond donors (Lipinski definition) is 1. The highest BCUT2D eigenvalue weighted by molar-refractivity contribution is 6.32. The summed E-state index contributed by atoms with van der Waals surface area (Å²) in [5.41, 5.74) is 1.72. The average molecular weight is 334 g/mol. The van der Waals surface area contributed by atoms with Crippen LogP contribution in [0.3, 0.4) is 0 Å². The highest BCUT2D eigenvalue weighted by Crippen LogP contribution is 2.30. The molecule has 0 saturated heterocycles. The maximum Gasteiger partial charge on any atom is 0.227 e. The maximum absolute atomic E-state index is 13.4. The molecule has 23 heavy (non-hydrogen) atoms. The molecule has 0 spiro atoms. The molecule has 0 aliphatic rings. The predicted molar refractivity (Wildman–Crippen MR) is 85.5 cm³/mol. The SMILES string of the molecule is COc1ccc(F)cc1Nc1ncc(Cl)c(-c2cnn(C)c2)n1. The summed E-state index contributed by atoms with van der Waals surface area (Å²) in [4.78, 5) is 8.48. The Balaban J connectivity index is 1.97. The molecule has 1 N–H and O–H groups in total. The Labute approximate surface area is 136 Å². The molecule has 0 amide bonds. The van der Waals surface area contributed by atoms with Crippen LogP contribution in [-0.4, -0.2) is 26.9 Å². The molecule has 3 rings (SSSR count). The van der Waals surface area contributed by atoms with Crippen LogP contribution >= 0.6 is 11.6 Å².